The Bertz CT molecular complexity index is 836. The van der Waals surface area contributed by atoms with Gasteiger partial charge in [0.1, 0.15) is 0 Å². The number of rotatable bonds is 10. The van der Waals surface area contributed by atoms with Crippen LogP contribution in [0, 0.1) is 5.92 Å². The minimum Gasteiger partial charge on any atom is -0.432 e. The fraction of sp³-hybridized carbons (Fsp3) is 0.750. The Balaban J connectivity index is 1.97. The first-order chi connectivity index (χ1) is 14.4. The minimum absolute atomic E-state index is 0.0149. The zero-order chi connectivity index (χ0) is 24.7. The first kappa shape index (κ1) is 27.4. The lowest BCUT2D eigenvalue weighted by atomic mass is 9.83. The van der Waals surface area contributed by atoms with Crippen LogP contribution in [0.1, 0.15) is 68.9 Å². The average molecular weight is 498 g/mol. The molecule has 32 heavy (non-hydrogen) atoms. The Hall–Kier alpha value is -0.806. The monoisotopic (exact) mass is 497 g/mol. The van der Waals surface area contributed by atoms with Gasteiger partial charge in [-0.15, -0.1) is 11.3 Å². The van der Waals surface area contributed by atoms with Gasteiger partial charge in [-0.2, -0.15) is 0 Å². The Morgan fingerprint density at radius 2 is 1.78 bits per heavy atom. The van der Waals surface area contributed by atoms with Crippen LogP contribution in [0.15, 0.2) is 12.1 Å². The Morgan fingerprint density at radius 1 is 1.19 bits per heavy atom. The van der Waals surface area contributed by atoms with Gasteiger partial charge in [-0.1, -0.05) is 34.6 Å². The standard InChI is InChI=1S/C24H43NO4SSi2/c1-16(29-32(9,10)23(2,3)4)21-18(25-22(21)27)15-19(26)20-12-11-17(30-20)13-14-24(5,6)31(7,8)28/h11-12,16,18,21,28H,13-15H2,1-10H3,(H,25,27)/t16-,18-,21-/m1/s1. The molecule has 1 aromatic rings. The minimum atomic E-state index is -2.24. The number of ketones is 1. The first-order valence-electron chi connectivity index (χ1n) is 11.7. The highest BCUT2D eigenvalue weighted by Gasteiger charge is 2.48. The Morgan fingerprint density at radius 3 is 2.28 bits per heavy atom. The molecule has 1 saturated heterocycles. The molecule has 2 N–H and O–H groups in total. The van der Waals surface area contributed by atoms with Crippen LogP contribution >= 0.6 is 11.3 Å². The number of aryl methyl sites for hydroxylation is 1. The van der Waals surface area contributed by atoms with E-state index in [-0.39, 0.29) is 39.8 Å². The van der Waals surface area contributed by atoms with Crippen LogP contribution in [-0.4, -0.2) is 45.3 Å². The number of carbonyl (C=O) groups is 2. The number of amides is 1. The molecule has 2 rings (SSSR count). The zero-order valence-corrected chi connectivity index (χ0v) is 24.4. The maximum absolute atomic E-state index is 12.9. The molecule has 5 nitrogen and oxygen atoms in total. The second-order valence-corrected chi connectivity index (χ2v) is 22.5. The normalized spacial score (nSPS) is 21.2. The molecule has 1 aliphatic heterocycles. The third-order valence-electron chi connectivity index (χ3n) is 7.85. The molecule has 1 fully saturated rings. The first-order valence-corrected chi connectivity index (χ1v) is 18.4. The van der Waals surface area contributed by atoms with E-state index in [0.29, 0.717) is 6.42 Å². The molecule has 1 aliphatic rings. The molecule has 8 heteroatoms. The summed E-state index contributed by atoms with van der Waals surface area (Å²) in [5, 5.41) is 2.92. The largest absolute Gasteiger partial charge is 0.432 e. The van der Waals surface area contributed by atoms with Gasteiger partial charge >= 0.3 is 0 Å². The van der Waals surface area contributed by atoms with Gasteiger partial charge in [0, 0.05) is 11.3 Å². The lowest BCUT2D eigenvalue weighted by molar-refractivity contribution is -0.139. The van der Waals surface area contributed by atoms with E-state index in [2.05, 4.69) is 53.0 Å². The predicted octanol–water partition coefficient (Wildman–Crippen LogP) is 5.76. The smallest absolute Gasteiger partial charge is 0.228 e. The third-order valence-corrected chi connectivity index (χ3v) is 17.2. The summed E-state index contributed by atoms with van der Waals surface area (Å²) < 4.78 is 6.44. The van der Waals surface area contributed by atoms with Crippen molar-refractivity contribution >= 4 is 39.7 Å². The second-order valence-electron chi connectivity index (χ2n) is 12.1. The van der Waals surface area contributed by atoms with Crippen molar-refractivity contribution in [2.24, 2.45) is 5.92 Å². The van der Waals surface area contributed by atoms with Crippen molar-refractivity contribution < 1.29 is 18.8 Å². The van der Waals surface area contributed by atoms with E-state index in [0.717, 1.165) is 17.7 Å². The van der Waals surface area contributed by atoms with E-state index in [1.54, 1.807) is 0 Å². The molecule has 0 radical (unpaired) electrons. The molecule has 0 spiro atoms. The highest BCUT2D eigenvalue weighted by atomic mass is 32.1. The lowest BCUT2D eigenvalue weighted by Gasteiger charge is -2.45. The molecular weight excluding hydrogens is 455 g/mol. The second kappa shape index (κ2) is 9.45. The SMILES string of the molecule is C[C@@H](O[Si](C)(C)C(C)(C)C)[C@H]1C(=O)N[C@@H]1CC(=O)c1ccc(CCC(C)(C)[Si](C)(C)O)s1. The van der Waals surface area contributed by atoms with E-state index in [1.165, 1.54) is 16.2 Å². The van der Waals surface area contributed by atoms with Crippen molar-refractivity contribution in [1.82, 2.24) is 5.32 Å². The number of hydrogen-bond acceptors (Lipinski definition) is 5. The zero-order valence-electron chi connectivity index (χ0n) is 21.6. The number of carbonyl (C=O) groups excluding carboxylic acids is 2. The molecule has 3 atom stereocenters. The summed E-state index contributed by atoms with van der Waals surface area (Å²) in [4.78, 5) is 37.7. The van der Waals surface area contributed by atoms with Gasteiger partial charge in [0.2, 0.25) is 5.91 Å². The summed E-state index contributed by atoms with van der Waals surface area (Å²) in [5.41, 5.74) is 0. The Kier molecular flexibility index (Phi) is 8.10. The van der Waals surface area contributed by atoms with E-state index >= 15 is 0 Å². The molecular formula is C24H43NO4SSi2. The van der Waals surface area contributed by atoms with Crippen LogP contribution in [0.4, 0.5) is 0 Å². The summed E-state index contributed by atoms with van der Waals surface area (Å²) in [6.45, 7) is 21.1. The molecule has 0 saturated carbocycles. The summed E-state index contributed by atoms with van der Waals surface area (Å²) >= 11 is 1.54. The van der Waals surface area contributed by atoms with Crippen molar-refractivity contribution in [2.75, 3.05) is 0 Å². The van der Waals surface area contributed by atoms with E-state index < -0.39 is 16.6 Å². The number of nitrogens with one attached hydrogen (secondary N) is 1. The van der Waals surface area contributed by atoms with Crippen LogP contribution in [0.5, 0.6) is 0 Å². The van der Waals surface area contributed by atoms with Gasteiger partial charge in [0.25, 0.3) is 0 Å². The number of hydrogen-bond donors (Lipinski definition) is 2. The average Bonchev–Trinajstić information content (AvgIpc) is 3.05. The predicted molar refractivity (Wildman–Crippen MR) is 138 cm³/mol. The van der Waals surface area contributed by atoms with Crippen molar-refractivity contribution in [3.8, 4) is 0 Å². The van der Waals surface area contributed by atoms with E-state index in [9.17, 15) is 14.4 Å². The summed E-state index contributed by atoms with van der Waals surface area (Å²) in [6.07, 6.45) is 1.88. The van der Waals surface area contributed by atoms with E-state index in [1.807, 2.05) is 32.2 Å². The van der Waals surface area contributed by atoms with Gasteiger partial charge in [-0.05, 0) is 68.2 Å². The Labute approximate surface area is 200 Å². The maximum Gasteiger partial charge on any atom is 0.228 e. The van der Waals surface area contributed by atoms with Crippen LogP contribution < -0.4 is 5.32 Å². The van der Waals surface area contributed by atoms with Crippen LogP contribution in [0.3, 0.4) is 0 Å². The van der Waals surface area contributed by atoms with Crippen molar-refractivity contribution in [3.05, 3.63) is 21.9 Å². The highest BCUT2D eigenvalue weighted by molar-refractivity contribution is 7.14. The molecule has 0 aromatic carbocycles. The van der Waals surface area contributed by atoms with Crippen LogP contribution in [-0.2, 0) is 15.6 Å². The number of Topliss-reactive ketones (excluding diaryl/α,β-unsaturated/α-hetero) is 1. The fourth-order valence-corrected chi connectivity index (χ4v) is 6.71. The fourth-order valence-electron chi connectivity index (χ4n) is 3.59. The van der Waals surface area contributed by atoms with Gasteiger partial charge in [0.05, 0.1) is 22.9 Å². The van der Waals surface area contributed by atoms with Crippen molar-refractivity contribution in [3.63, 3.8) is 0 Å². The van der Waals surface area contributed by atoms with Crippen molar-refractivity contribution in [1.29, 1.82) is 0 Å². The van der Waals surface area contributed by atoms with Gasteiger partial charge in [-0.25, -0.2) is 0 Å². The number of thiophene rings is 1. The molecule has 1 aromatic heterocycles. The summed E-state index contributed by atoms with van der Waals surface area (Å²) in [5.74, 6) is -0.212. The molecule has 0 aliphatic carbocycles. The van der Waals surface area contributed by atoms with Crippen LogP contribution in [0.2, 0.25) is 36.3 Å². The summed E-state index contributed by atoms with van der Waals surface area (Å²) in [7, 11) is -4.23. The van der Waals surface area contributed by atoms with E-state index in [4.69, 9.17) is 4.43 Å². The van der Waals surface area contributed by atoms with Gasteiger partial charge in [0.15, 0.2) is 22.4 Å². The molecule has 0 unspecified atom stereocenters. The maximum atomic E-state index is 12.9. The quantitative estimate of drug-likeness (QED) is 0.245. The molecule has 0 bridgehead atoms. The topological polar surface area (TPSA) is 75.6 Å². The molecule has 182 valence electrons. The van der Waals surface area contributed by atoms with Gasteiger partial charge in [-0.3, -0.25) is 9.59 Å². The van der Waals surface area contributed by atoms with Crippen LogP contribution in [0.25, 0.3) is 0 Å². The highest BCUT2D eigenvalue weighted by Crippen LogP contribution is 2.41. The van der Waals surface area contributed by atoms with Gasteiger partial charge < -0.3 is 14.5 Å². The molecule has 1 amide bonds. The molecule has 2 heterocycles. The third kappa shape index (κ3) is 6.20. The summed E-state index contributed by atoms with van der Waals surface area (Å²) in [6, 6.07) is 3.77. The number of β-lactam (4-membered cyclic amide) rings is 1. The van der Waals surface area contributed by atoms with Crippen molar-refractivity contribution in [2.45, 2.75) is 109 Å². The lowest BCUT2D eigenvalue weighted by Crippen LogP contribution is -2.64.